The Balaban J connectivity index is 3.11. The molecule has 0 aromatic heterocycles. The van der Waals surface area contributed by atoms with Crippen LogP contribution in [-0.2, 0) is 11.4 Å². The highest BCUT2D eigenvalue weighted by Crippen LogP contribution is 2.30. The molecule has 0 bridgehead atoms. The van der Waals surface area contributed by atoms with E-state index < -0.39 is 22.6 Å². The number of hydrogen-bond donors (Lipinski definition) is 0. The van der Waals surface area contributed by atoms with E-state index >= 15 is 0 Å². The summed E-state index contributed by atoms with van der Waals surface area (Å²) in [5.74, 6) is 0. The summed E-state index contributed by atoms with van der Waals surface area (Å²) in [5.41, 5.74) is -0.361. The Morgan fingerprint density at radius 3 is 2.67 bits per heavy atom. The summed E-state index contributed by atoms with van der Waals surface area (Å²) in [6.07, 6.45) is -2.80. The third-order valence-electron chi connectivity index (χ3n) is 2.08. The van der Waals surface area contributed by atoms with Crippen molar-refractivity contribution in [2.45, 2.75) is 26.9 Å². The second-order valence-electron chi connectivity index (χ2n) is 3.71. The van der Waals surface area contributed by atoms with Crippen LogP contribution in [0.15, 0.2) is 23.4 Å². The molecule has 0 aliphatic rings. The molecule has 0 radical (unpaired) electrons. The number of alkyl halides is 2. The second kappa shape index (κ2) is 6.04. The van der Waals surface area contributed by atoms with Crippen LogP contribution in [0.3, 0.4) is 0 Å². The van der Waals surface area contributed by atoms with E-state index in [1.54, 1.807) is 13.8 Å². The molecule has 1 aromatic rings. The van der Waals surface area contributed by atoms with Crippen LogP contribution < -0.4 is 0 Å². The molecule has 0 atom stereocenters. The lowest BCUT2D eigenvalue weighted by atomic mass is 10.1. The van der Waals surface area contributed by atoms with E-state index in [1.165, 1.54) is 6.07 Å². The van der Waals surface area contributed by atoms with Gasteiger partial charge in [0.1, 0.15) is 6.61 Å². The van der Waals surface area contributed by atoms with Gasteiger partial charge in [0, 0.05) is 11.6 Å². The Hall–Kier alpha value is -2.05. The van der Waals surface area contributed by atoms with Crippen molar-refractivity contribution < 1.29 is 18.5 Å². The van der Waals surface area contributed by atoms with Crippen LogP contribution in [0, 0.1) is 10.1 Å². The first kappa shape index (κ1) is 14.0. The van der Waals surface area contributed by atoms with Crippen LogP contribution in [0.4, 0.5) is 14.5 Å². The molecule has 0 aliphatic heterocycles. The average Bonchev–Trinajstić information content (AvgIpc) is 2.28. The summed E-state index contributed by atoms with van der Waals surface area (Å²) < 4.78 is 25.5. The Labute approximate surface area is 102 Å². The molecule has 0 saturated heterocycles. The number of halogens is 2. The number of rotatable bonds is 5. The number of nitro groups is 1. The zero-order valence-corrected chi connectivity index (χ0v) is 9.89. The van der Waals surface area contributed by atoms with Gasteiger partial charge in [-0.3, -0.25) is 10.1 Å². The molecule has 0 spiro atoms. The Morgan fingerprint density at radius 1 is 1.50 bits per heavy atom. The molecule has 0 N–H and O–H groups in total. The number of nitrogens with zero attached hydrogens (tertiary/aromatic N) is 2. The van der Waals surface area contributed by atoms with Gasteiger partial charge in [-0.25, -0.2) is 8.78 Å². The monoisotopic (exact) mass is 258 g/mol. The molecule has 18 heavy (non-hydrogen) atoms. The summed E-state index contributed by atoms with van der Waals surface area (Å²) in [6, 6.07) is 3.52. The molecule has 98 valence electrons. The topological polar surface area (TPSA) is 64.7 Å². The van der Waals surface area contributed by atoms with Crippen LogP contribution in [-0.4, -0.2) is 10.6 Å². The van der Waals surface area contributed by atoms with Gasteiger partial charge in [0.15, 0.2) is 0 Å². The van der Waals surface area contributed by atoms with Crippen molar-refractivity contribution in [1.29, 1.82) is 0 Å². The molecule has 0 unspecified atom stereocenters. The molecule has 1 aromatic carbocycles. The summed E-state index contributed by atoms with van der Waals surface area (Å²) in [7, 11) is 0. The van der Waals surface area contributed by atoms with Gasteiger partial charge in [-0.05, 0) is 13.8 Å². The zero-order valence-electron chi connectivity index (χ0n) is 9.89. The molecule has 0 saturated carbocycles. The van der Waals surface area contributed by atoms with Crippen LogP contribution in [0.1, 0.15) is 31.4 Å². The smallest absolute Gasteiger partial charge is 0.276 e. The predicted molar refractivity (Wildman–Crippen MR) is 61.6 cm³/mol. The third-order valence-corrected chi connectivity index (χ3v) is 2.08. The minimum atomic E-state index is -2.80. The van der Waals surface area contributed by atoms with Gasteiger partial charge < -0.3 is 4.84 Å². The van der Waals surface area contributed by atoms with E-state index in [9.17, 15) is 18.9 Å². The SMILES string of the molecule is CC(C)=NOCc1c(C(F)F)cccc1[N+](=O)[O-]. The van der Waals surface area contributed by atoms with Crippen molar-refractivity contribution in [3.63, 3.8) is 0 Å². The molecule has 0 heterocycles. The fraction of sp³-hybridized carbons (Fsp3) is 0.364. The summed E-state index contributed by atoms with van der Waals surface area (Å²) in [4.78, 5) is 14.9. The van der Waals surface area contributed by atoms with E-state index in [1.807, 2.05) is 0 Å². The van der Waals surface area contributed by atoms with Gasteiger partial charge in [-0.1, -0.05) is 17.3 Å². The van der Waals surface area contributed by atoms with Crippen LogP contribution >= 0.6 is 0 Å². The average molecular weight is 258 g/mol. The fourth-order valence-electron chi connectivity index (χ4n) is 1.35. The maximum absolute atomic E-state index is 12.7. The summed E-state index contributed by atoms with van der Waals surface area (Å²) in [6.45, 7) is 2.96. The van der Waals surface area contributed by atoms with E-state index in [-0.39, 0.29) is 12.2 Å². The van der Waals surface area contributed by atoms with Gasteiger partial charge in [0.25, 0.3) is 12.1 Å². The predicted octanol–water partition coefficient (Wildman–Crippen LogP) is 3.44. The molecular formula is C11H12F2N2O3. The van der Waals surface area contributed by atoms with E-state index in [4.69, 9.17) is 4.84 Å². The lowest BCUT2D eigenvalue weighted by Crippen LogP contribution is -2.02. The number of oxime groups is 1. The maximum atomic E-state index is 12.7. The standard InChI is InChI=1S/C11H12F2N2O3/c1-7(2)14-18-6-9-8(11(12)13)4-3-5-10(9)15(16)17/h3-5,11H,6H2,1-2H3. The molecule has 5 nitrogen and oxygen atoms in total. The van der Waals surface area contributed by atoms with Crippen LogP contribution in [0.5, 0.6) is 0 Å². The normalized spacial score (nSPS) is 10.3. The lowest BCUT2D eigenvalue weighted by molar-refractivity contribution is -0.386. The van der Waals surface area contributed by atoms with Crippen molar-refractivity contribution in [3.05, 3.63) is 39.4 Å². The van der Waals surface area contributed by atoms with E-state index in [0.717, 1.165) is 12.1 Å². The van der Waals surface area contributed by atoms with Crippen molar-refractivity contribution in [3.8, 4) is 0 Å². The zero-order chi connectivity index (χ0) is 13.7. The lowest BCUT2D eigenvalue weighted by Gasteiger charge is -2.08. The largest absolute Gasteiger partial charge is 0.391 e. The number of nitro benzene ring substituents is 1. The molecule has 7 heteroatoms. The minimum absolute atomic E-state index is 0.150. The van der Waals surface area contributed by atoms with Crippen molar-refractivity contribution in [2.24, 2.45) is 5.16 Å². The Bertz CT molecular complexity index is 471. The van der Waals surface area contributed by atoms with Gasteiger partial charge in [0.05, 0.1) is 16.2 Å². The number of hydrogen-bond acceptors (Lipinski definition) is 4. The van der Waals surface area contributed by atoms with E-state index in [2.05, 4.69) is 5.16 Å². The number of benzene rings is 1. The van der Waals surface area contributed by atoms with E-state index in [0.29, 0.717) is 5.71 Å². The van der Waals surface area contributed by atoms with Crippen molar-refractivity contribution >= 4 is 11.4 Å². The van der Waals surface area contributed by atoms with Gasteiger partial charge >= 0.3 is 0 Å². The molecular weight excluding hydrogens is 246 g/mol. The first-order valence-corrected chi connectivity index (χ1v) is 5.11. The van der Waals surface area contributed by atoms with Crippen molar-refractivity contribution in [2.75, 3.05) is 0 Å². The quantitative estimate of drug-likeness (QED) is 0.461. The molecule has 1 rings (SSSR count). The first-order valence-electron chi connectivity index (χ1n) is 5.11. The second-order valence-corrected chi connectivity index (χ2v) is 3.71. The highest BCUT2D eigenvalue weighted by Gasteiger charge is 2.22. The highest BCUT2D eigenvalue weighted by molar-refractivity contribution is 5.78. The molecule has 0 fully saturated rings. The fourth-order valence-corrected chi connectivity index (χ4v) is 1.35. The van der Waals surface area contributed by atoms with Gasteiger partial charge in [-0.2, -0.15) is 0 Å². The van der Waals surface area contributed by atoms with Crippen LogP contribution in [0.2, 0.25) is 0 Å². The molecule has 0 aliphatic carbocycles. The highest BCUT2D eigenvalue weighted by atomic mass is 19.3. The van der Waals surface area contributed by atoms with Crippen LogP contribution in [0.25, 0.3) is 0 Å². The third kappa shape index (κ3) is 3.47. The Kier molecular flexibility index (Phi) is 4.70. The Morgan fingerprint density at radius 2 is 2.17 bits per heavy atom. The minimum Gasteiger partial charge on any atom is -0.391 e. The summed E-state index contributed by atoms with van der Waals surface area (Å²) >= 11 is 0. The molecule has 0 amide bonds. The summed E-state index contributed by atoms with van der Waals surface area (Å²) in [5, 5.41) is 14.3. The van der Waals surface area contributed by atoms with Crippen molar-refractivity contribution in [1.82, 2.24) is 0 Å². The maximum Gasteiger partial charge on any atom is 0.276 e. The van der Waals surface area contributed by atoms with Gasteiger partial charge in [-0.15, -0.1) is 0 Å². The first-order chi connectivity index (χ1) is 8.43. The van der Waals surface area contributed by atoms with Gasteiger partial charge in [0.2, 0.25) is 0 Å².